The lowest BCUT2D eigenvalue weighted by Crippen LogP contribution is -2.18. The summed E-state index contributed by atoms with van der Waals surface area (Å²) in [5.41, 5.74) is 1.07. The van der Waals surface area contributed by atoms with Crippen LogP contribution in [0.1, 0.15) is 15.9 Å². The number of ether oxygens (including phenoxy) is 2. The van der Waals surface area contributed by atoms with Gasteiger partial charge in [0.25, 0.3) is 5.56 Å². The van der Waals surface area contributed by atoms with Gasteiger partial charge < -0.3 is 19.6 Å². The van der Waals surface area contributed by atoms with E-state index in [2.05, 4.69) is 4.98 Å². The Hall–Kier alpha value is -2.76. The number of nitrogens with one attached hydrogen (secondary N) is 1. The van der Waals surface area contributed by atoms with Gasteiger partial charge in [0, 0.05) is 5.56 Å². The normalized spacial score (nSPS) is 12.4. The average molecular weight is 273 g/mol. The predicted octanol–water partition coefficient (Wildman–Crippen LogP) is 1.78. The van der Waals surface area contributed by atoms with Gasteiger partial charge in [-0.15, -0.1) is 0 Å². The lowest BCUT2D eigenvalue weighted by atomic mass is 10.0. The second-order valence-corrected chi connectivity index (χ2v) is 4.44. The SMILES string of the molecule is Cc1cc(C(=O)O)c(=O)[nH]c1-c1ccc2c(c1)OCO2. The topological polar surface area (TPSA) is 88.6 Å². The third-order valence-corrected chi connectivity index (χ3v) is 3.13. The van der Waals surface area contributed by atoms with Crippen molar-refractivity contribution in [2.24, 2.45) is 0 Å². The van der Waals surface area contributed by atoms with Crippen molar-refractivity contribution in [2.75, 3.05) is 6.79 Å². The van der Waals surface area contributed by atoms with E-state index in [1.165, 1.54) is 6.07 Å². The van der Waals surface area contributed by atoms with Crippen molar-refractivity contribution in [3.8, 4) is 22.8 Å². The van der Waals surface area contributed by atoms with Crippen LogP contribution in [0.4, 0.5) is 0 Å². The smallest absolute Gasteiger partial charge is 0.341 e. The van der Waals surface area contributed by atoms with Gasteiger partial charge >= 0.3 is 5.97 Å². The Kier molecular flexibility index (Phi) is 2.71. The van der Waals surface area contributed by atoms with E-state index >= 15 is 0 Å². The molecule has 2 aromatic rings. The first-order chi connectivity index (χ1) is 9.56. The number of aromatic carboxylic acids is 1. The molecule has 0 atom stereocenters. The minimum absolute atomic E-state index is 0.173. The van der Waals surface area contributed by atoms with Gasteiger partial charge in [-0.25, -0.2) is 4.79 Å². The van der Waals surface area contributed by atoms with Crippen LogP contribution in [0.2, 0.25) is 0 Å². The van der Waals surface area contributed by atoms with Crippen LogP contribution < -0.4 is 15.0 Å². The Morgan fingerprint density at radius 1 is 1.25 bits per heavy atom. The van der Waals surface area contributed by atoms with Crippen LogP contribution in [0.25, 0.3) is 11.3 Å². The molecule has 2 N–H and O–H groups in total. The molecule has 20 heavy (non-hydrogen) atoms. The van der Waals surface area contributed by atoms with E-state index in [9.17, 15) is 9.59 Å². The highest BCUT2D eigenvalue weighted by Gasteiger charge is 2.17. The van der Waals surface area contributed by atoms with E-state index in [-0.39, 0.29) is 12.4 Å². The van der Waals surface area contributed by atoms with Crippen molar-refractivity contribution in [3.63, 3.8) is 0 Å². The monoisotopic (exact) mass is 273 g/mol. The van der Waals surface area contributed by atoms with Gasteiger partial charge in [0.05, 0.1) is 5.69 Å². The fourth-order valence-corrected chi connectivity index (χ4v) is 2.14. The molecule has 1 aromatic heterocycles. The summed E-state index contributed by atoms with van der Waals surface area (Å²) in [5, 5.41) is 8.92. The van der Waals surface area contributed by atoms with Gasteiger partial charge in [-0.05, 0) is 36.8 Å². The molecule has 0 bridgehead atoms. The molecule has 102 valence electrons. The van der Waals surface area contributed by atoms with Crippen LogP contribution in [0.15, 0.2) is 29.1 Å². The summed E-state index contributed by atoms with van der Waals surface area (Å²) in [5.74, 6) is 0.00699. The number of H-pyrrole nitrogens is 1. The Morgan fingerprint density at radius 3 is 2.75 bits per heavy atom. The van der Waals surface area contributed by atoms with Crippen LogP contribution in [0.3, 0.4) is 0 Å². The number of carboxylic acids is 1. The molecule has 0 radical (unpaired) electrons. The number of rotatable bonds is 2. The molecule has 6 nitrogen and oxygen atoms in total. The molecule has 1 aliphatic rings. The predicted molar refractivity (Wildman–Crippen MR) is 70.3 cm³/mol. The lowest BCUT2D eigenvalue weighted by Gasteiger charge is -2.07. The Bertz CT molecular complexity index is 763. The summed E-state index contributed by atoms with van der Waals surface area (Å²) >= 11 is 0. The fourth-order valence-electron chi connectivity index (χ4n) is 2.14. The van der Waals surface area contributed by atoms with E-state index in [0.29, 0.717) is 22.8 Å². The quantitative estimate of drug-likeness (QED) is 0.870. The number of benzene rings is 1. The molecule has 1 aliphatic heterocycles. The first-order valence-electron chi connectivity index (χ1n) is 5.93. The van der Waals surface area contributed by atoms with Crippen LogP contribution in [-0.4, -0.2) is 22.9 Å². The summed E-state index contributed by atoms with van der Waals surface area (Å²) in [6.45, 7) is 1.91. The Labute approximate surface area is 113 Å². The van der Waals surface area contributed by atoms with E-state index in [4.69, 9.17) is 14.6 Å². The highest BCUT2D eigenvalue weighted by molar-refractivity contribution is 5.88. The zero-order valence-corrected chi connectivity index (χ0v) is 10.6. The van der Waals surface area contributed by atoms with Crippen LogP contribution >= 0.6 is 0 Å². The molecule has 0 saturated carbocycles. The standard InChI is InChI=1S/C14H11NO5/c1-7-4-9(14(17)18)13(16)15-12(7)8-2-3-10-11(5-8)20-6-19-10/h2-5H,6H2,1H3,(H,15,16)(H,17,18). The number of fused-ring (bicyclic) bond motifs is 1. The fraction of sp³-hybridized carbons (Fsp3) is 0.143. The van der Waals surface area contributed by atoms with Gasteiger partial charge in [-0.3, -0.25) is 4.79 Å². The zero-order chi connectivity index (χ0) is 14.3. The highest BCUT2D eigenvalue weighted by atomic mass is 16.7. The molecule has 0 saturated heterocycles. The molecule has 3 rings (SSSR count). The second kappa shape index (κ2) is 4.41. The van der Waals surface area contributed by atoms with Crippen LogP contribution in [0.5, 0.6) is 11.5 Å². The average Bonchev–Trinajstić information content (AvgIpc) is 2.87. The molecule has 0 unspecified atom stereocenters. The number of aromatic nitrogens is 1. The van der Waals surface area contributed by atoms with Gasteiger partial charge in [0.15, 0.2) is 11.5 Å². The van der Waals surface area contributed by atoms with Crippen LogP contribution in [0, 0.1) is 6.92 Å². The summed E-state index contributed by atoms with van der Waals surface area (Å²) in [7, 11) is 0. The van der Waals surface area contributed by atoms with Crippen molar-refractivity contribution in [1.29, 1.82) is 0 Å². The van der Waals surface area contributed by atoms with E-state index in [1.807, 2.05) is 0 Å². The van der Waals surface area contributed by atoms with Crippen molar-refractivity contribution in [2.45, 2.75) is 6.92 Å². The summed E-state index contributed by atoms with van der Waals surface area (Å²) < 4.78 is 10.5. The van der Waals surface area contributed by atoms with Crippen molar-refractivity contribution in [3.05, 3.63) is 45.7 Å². The van der Waals surface area contributed by atoms with Crippen molar-refractivity contribution in [1.82, 2.24) is 4.98 Å². The van der Waals surface area contributed by atoms with E-state index < -0.39 is 11.5 Å². The maximum Gasteiger partial charge on any atom is 0.341 e. The van der Waals surface area contributed by atoms with E-state index in [1.54, 1.807) is 25.1 Å². The first kappa shape index (κ1) is 12.3. The number of carbonyl (C=O) groups is 1. The molecule has 2 heterocycles. The maximum atomic E-state index is 11.7. The minimum Gasteiger partial charge on any atom is -0.477 e. The summed E-state index contributed by atoms with van der Waals surface area (Å²) in [4.78, 5) is 25.3. The number of pyridine rings is 1. The van der Waals surface area contributed by atoms with Crippen LogP contribution in [-0.2, 0) is 0 Å². The molecular formula is C14H11NO5. The largest absolute Gasteiger partial charge is 0.477 e. The first-order valence-corrected chi connectivity index (χ1v) is 5.93. The molecule has 6 heteroatoms. The van der Waals surface area contributed by atoms with Crippen molar-refractivity contribution >= 4 is 5.97 Å². The summed E-state index contributed by atoms with van der Waals surface area (Å²) in [6, 6.07) is 6.65. The molecule has 0 fully saturated rings. The Morgan fingerprint density at radius 2 is 2.00 bits per heavy atom. The van der Waals surface area contributed by atoms with Crippen molar-refractivity contribution < 1.29 is 19.4 Å². The number of aryl methyl sites for hydroxylation is 1. The lowest BCUT2D eigenvalue weighted by molar-refractivity contribution is 0.0695. The van der Waals surface area contributed by atoms with Gasteiger partial charge in [0.1, 0.15) is 5.56 Å². The second-order valence-electron chi connectivity index (χ2n) is 4.44. The molecule has 1 aromatic carbocycles. The number of hydrogen-bond acceptors (Lipinski definition) is 4. The summed E-state index contributed by atoms with van der Waals surface area (Å²) in [6.07, 6.45) is 0. The molecule has 0 amide bonds. The van der Waals surface area contributed by atoms with E-state index in [0.717, 1.165) is 5.56 Å². The van der Waals surface area contributed by atoms with Gasteiger partial charge in [-0.1, -0.05) is 0 Å². The number of carboxylic acid groups (broad SMARTS) is 1. The Balaban J connectivity index is 2.13. The number of aromatic amines is 1. The maximum absolute atomic E-state index is 11.7. The zero-order valence-electron chi connectivity index (χ0n) is 10.6. The highest BCUT2D eigenvalue weighted by Crippen LogP contribution is 2.35. The third kappa shape index (κ3) is 1.91. The van der Waals surface area contributed by atoms with Gasteiger partial charge in [0.2, 0.25) is 6.79 Å². The van der Waals surface area contributed by atoms with Gasteiger partial charge in [-0.2, -0.15) is 0 Å². The third-order valence-electron chi connectivity index (χ3n) is 3.13. The molecular weight excluding hydrogens is 262 g/mol. The number of hydrogen-bond donors (Lipinski definition) is 2. The molecule has 0 spiro atoms. The minimum atomic E-state index is -1.24. The molecule has 0 aliphatic carbocycles.